The second-order valence-electron chi connectivity index (χ2n) is 6.94. The van der Waals surface area contributed by atoms with Gasteiger partial charge in [-0.15, -0.1) is 0 Å². The molecular weight excluding hydrogens is 320 g/mol. The third kappa shape index (κ3) is 6.29. The number of nitrogens with one attached hydrogen (secondary N) is 2. The Morgan fingerprint density at radius 1 is 0.920 bits per heavy atom. The Morgan fingerprint density at radius 3 is 1.84 bits per heavy atom. The van der Waals surface area contributed by atoms with Gasteiger partial charge in [0.05, 0.1) is 24.3 Å². The first-order chi connectivity index (χ1) is 11.6. The molecule has 0 bridgehead atoms. The summed E-state index contributed by atoms with van der Waals surface area (Å²) in [5.41, 5.74) is 0.606. The molecule has 0 spiro atoms. The van der Waals surface area contributed by atoms with Crippen LogP contribution in [0.25, 0.3) is 0 Å². The van der Waals surface area contributed by atoms with Crippen molar-refractivity contribution in [1.82, 2.24) is 10.6 Å². The van der Waals surface area contributed by atoms with E-state index < -0.39 is 23.3 Å². The summed E-state index contributed by atoms with van der Waals surface area (Å²) in [5, 5.41) is 5.72. The van der Waals surface area contributed by atoms with Crippen molar-refractivity contribution < 1.29 is 19.1 Å². The molecule has 0 aliphatic rings. The van der Waals surface area contributed by atoms with E-state index in [0.717, 1.165) is 17.5 Å². The first-order valence-electron chi connectivity index (χ1n) is 8.63. The van der Waals surface area contributed by atoms with Crippen molar-refractivity contribution in [3.8, 4) is 0 Å². The van der Waals surface area contributed by atoms with Gasteiger partial charge in [-0.3, -0.25) is 0 Å². The highest BCUT2D eigenvalue weighted by molar-refractivity contribution is 5.69. The maximum Gasteiger partial charge on any atom is 0.407 e. The Hall–Kier alpha value is -2.24. The predicted molar refractivity (Wildman–Crippen MR) is 97.4 cm³/mol. The summed E-state index contributed by atoms with van der Waals surface area (Å²) in [6.45, 7) is 12.0. The zero-order chi connectivity index (χ0) is 19.1. The third-order valence-corrected chi connectivity index (χ3v) is 3.85. The first kappa shape index (κ1) is 20.8. The Balaban J connectivity index is 2.95. The summed E-state index contributed by atoms with van der Waals surface area (Å²) < 4.78 is 10.1. The zero-order valence-electron chi connectivity index (χ0n) is 16.1. The summed E-state index contributed by atoms with van der Waals surface area (Å²) in [7, 11) is 0. The summed E-state index contributed by atoms with van der Waals surface area (Å²) in [6, 6.07) is 7.73. The fourth-order valence-electron chi connectivity index (χ4n) is 2.35. The van der Waals surface area contributed by atoms with E-state index in [9.17, 15) is 9.59 Å². The van der Waals surface area contributed by atoms with E-state index in [2.05, 4.69) is 10.6 Å². The number of alkyl carbamates (subject to hydrolysis) is 2. The Kier molecular flexibility index (Phi) is 7.27. The number of carbonyl (C=O) groups excluding carboxylic acids is 2. The number of carbonyl (C=O) groups is 2. The molecule has 140 valence electrons. The SMILES string of the molecule is CCCOC(=O)NC(C)(C)c1cccc(C(C)(C)NC(=O)OCC)c1. The molecule has 0 aromatic heterocycles. The summed E-state index contributed by atoms with van der Waals surface area (Å²) in [5.74, 6) is 0. The maximum absolute atomic E-state index is 11.9. The van der Waals surface area contributed by atoms with Gasteiger partial charge in [-0.1, -0.05) is 31.2 Å². The normalized spacial score (nSPS) is 11.6. The van der Waals surface area contributed by atoms with Crippen LogP contribution in [-0.4, -0.2) is 25.4 Å². The third-order valence-electron chi connectivity index (χ3n) is 3.85. The van der Waals surface area contributed by atoms with Crippen molar-refractivity contribution in [2.75, 3.05) is 13.2 Å². The lowest BCUT2D eigenvalue weighted by Crippen LogP contribution is -2.43. The van der Waals surface area contributed by atoms with Gasteiger partial charge in [-0.05, 0) is 52.2 Å². The van der Waals surface area contributed by atoms with Crippen LogP contribution in [0, 0.1) is 0 Å². The van der Waals surface area contributed by atoms with E-state index in [0.29, 0.717) is 13.2 Å². The van der Waals surface area contributed by atoms with Gasteiger partial charge in [0.1, 0.15) is 0 Å². The van der Waals surface area contributed by atoms with Crippen LogP contribution in [-0.2, 0) is 20.6 Å². The molecule has 2 amide bonds. The van der Waals surface area contributed by atoms with Gasteiger partial charge in [-0.25, -0.2) is 9.59 Å². The van der Waals surface area contributed by atoms with Crippen LogP contribution in [0.15, 0.2) is 24.3 Å². The van der Waals surface area contributed by atoms with E-state index in [4.69, 9.17) is 9.47 Å². The number of amides is 2. The minimum absolute atomic E-state index is 0.318. The van der Waals surface area contributed by atoms with Crippen molar-refractivity contribution in [2.24, 2.45) is 0 Å². The monoisotopic (exact) mass is 350 g/mol. The lowest BCUT2D eigenvalue weighted by molar-refractivity contribution is 0.136. The second kappa shape index (κ2) is 8.74. The molecule has 0 atom stereocenters. The van der Waals surface area contributed by atoms with Gasteiger partial charge in [-0.2, -0.15) is 0 Å². The molecule has 1 aromatic carbocycles. The number of hydrogen-bond donors (Lipinski definition) is 2. The molecule has 1 rings (SSSR count). The summed E-state index contributed by atoms with van der Waals surface area (Å²) in [6.07, 6.45) is -0.128. The van der Waals surface area contributed by atoms with Crippen LogP contribution >= 0.6 is 0 Å². The van der Waals surface area contributed by atoms with Crippen molar-refractivity contribution in [3.63, 3.8) is 0 Å². The number of benzene rings is 1. The molecule has 0 fully saturated rings. The molecule has 0 aliphatic carbocycles. The largest absolute Gasteiger partial charge is 0.450 e. The molecule has 0 saturated heterocycles. The van der Waals surface area contributed by atoms with Crippen LogP contribution in [0.4, 0.5) is 9.59 Å². The zero-order valence-corrected chi connectivity index (χ0v) is 16.1. The minimum atomic E-state index is -0.610. The first-order valence-corrected chi connectivity index (χ1v) is 8.63. The smallest absolute Gasteiger partial charge is 0.407 e. The molecule has 0 radical (unpaired) electrons. The highest BCUT2D eigenvalue weighted by Gasteiger charge is 2.28. The van der Waals surface area contributed by atoms with Gasteiger partial charge in [0, 0.05) is 0 Å². The second-order valence-corrected chi connectivity index (χ2v) is 6.94. The van der Waals surface area contributed by atoms with Gasteiger partial charge in [0.15, 0.2) is 0 Å². The summed E-state index contributed by atoms with van der Waals surface area (Å²) in [4.78, 5) is 23.6. The van der Waals surface area contributed by atoms with E-state index in [1.54, 1.807) is 6.92 Å². The van der Waals surface area contributed by atoms with E-state index in [1.807, 2.05) is 58.9 Å². The average molecular weight is 350 g/mol. The van der Waals surface area contributed by atoms with E-state index in [-0.39, 0.29) is 0 Å². The van der Waals surface area contributed by atoms with Crippen molar-refractivity contribution >= 4 is 12.2 Å². The highest BCUT2D eigenvalue weighted by atomic mass is 16.6. The number of hydrogen-bond acceptors (Lipinski definition) is 4. The Labute approximate surface area is 150 Å². The molecule has 0 saturated carbocycles. The molecule has 6 heteroatoms. The van der Waals surface area contributed by atoms with E-state index >= 15 is 0 Å². The van der Waals surface area contributed by atoms with Crippen LogP contribution in [0.3, 0.4) is 0 Å². The van der Waals surface area contributed by atoms with Crippen LogP contribution < -0.4 is 10.6 Å². The molecule has 0 heterocycles. The van der Waals surface area contributed by atoms with Gasteiger partial charge in [0.25, 0.3) is 0 Å². The Morgan fingerprint density at radius 2 is 1.40 bits per heavy atom. The highest BCUT2D eigenvalue weighted by Crippen LogP contribution is 2.26. The average Bonchev–Trinajstić information content (AvgIpc) is 2.52. The maximum atomic E-state index is 11.9. The Bertz CT molecular complexity index is 597. The van der Waals surface area contributed by atoms with Crippen LogP contribution in [0.1, 0.15) is 59.1 Å². The quantitative estimate of drug-likeness (QED) is 0.778. The van der Waals surface area contributed by atoms with Gasteiger partial charge in [0.2, 0.25) is 0 Å². The molecule has 25 heavy (non-hydrogen) atoms. The van der Waals surface area contributed by atoms with Crippen molar-refractivity contribution in [1.29, 1.82) is 0 Å². The minimum Gasteiger partial charge on any atom is -0.450 e. The van der Waals surface area contributed by atoms with Crippen LogP contribution in [0.5, 0.6) is 0 Å². The fraction of sp³-hybridized carbons (Fsp3) is 0.579. The predicted octanol–water partition coefficient (Wildman–Crippen LogP) is 4.04. The lowest BCUT2D eigenvalue weighted by Gasteiger charge is -2.30. The van der Waals surface area contributed by atoms with Crippen LogP contribution in [0.2, 0.25) is 0 Å². The number of rotatable bonds is 7. The molecule has 0 aliphatic heterocycles. The van der Waals surface area contributed by atoms with E-state index in [1.165, 1.54) is 0 Å². The number of ether oxygens (including phenoxy) is 2. The molecule has 1 aromatic rings. The molecular formula is C19H30N2O4. The molecule has 0 unspecified atom stereocenters. The van der Waals surface area contributed by atoms with Gasteiger partial charge < -0.3 is 20.1 Å². The lowest BCUT2D eigenvalue weighted by atomic mass is 9.87. The topological polar surface area (TPSA) is 76.7 Å². The molecule has 6 nitrogen and oxygen atoms in total. The van der Waals surface area contributed by atoms with Crippen molar-refractivity contribution in [2.45, 2.75) is 59.0 Å². The summed E-state index contributed by atoms with van der Waals surface area (Å²) >= 11 is 0. The standard InChI is InChI=1S/C19H30N2O4/c1-7-12-25-17(23)21-19(5,6)15-11-9-10-14(13-15)18(3,4)20-16(22)24-8-2/h9-11,13H,7-8,12H2,1-6H3,(H,20,22)(H,21,23). The van der Waals surface area contributed by atoms with Gasteiger partial charge >= 0.3 is 12.2 Å². The molecule has 2 N–H and O–H groups in total. The fourth-order valence-corrected chi connectivity index (χ4v) is 2.35. The van der Waals surface area contributed by atoms with Crippen molar-refractivity contribution in [3.05, 3.63) is 35.4 Å².